The summed E-state index contributed by atoms with van der Waals surface area (Å²) in [6, 6.07) is 2.50. The van der Waals surface area contributed by atoms with Gasteiger partial charge in [-0.1, -0.05) is 44.9 Å². The number of nitrogens with zero attached hydrogens (tertiary/aromatic N) is 4. The summed E-state index contributed by atoms with van der Waals surface area (Å²) in [6.07, 6.45) is -1.60. The van der Waals surface area contributed by atoms with Crippen molar-refractivity contribution in [1.82, 2.24) is 0 Å². The van der Waals surface area contributed by atoms with Crippen LogP contribution < -0.4 is 10.4 Å². The SMILES string of the molecule is [C-]#[N+]C([N+]#[C-])=C1C=c2c(c(-c3c(F)c(F)c(S(F)(F)(F)(F)F)c(F)c3F)c3c(c2-c2c(F)c(F)c(S(F)(F)(F)(F)F)c(F)c2F)CC(=C(C#N)C#N)C=3)C1. The molecule has 0 spiro atoms. The van der Waals surface area contributed by atoms with Crippen molar-refractivity contribution in [2.24, 2.45) is 0 Å². The normalized spacial score (nSPS) is 16.2. The van der Waals surface area contributed by atoms with Crippen molar-refractivity contribution >= 4 is 32.6 Å². The highest BCUT2D eigenvalue weighted by molar-refractivity contribution is 8.46. The molecule has 0 amide bonds. The van der Waals surface area contributed by atoms with Gasteiger partial charge in [-0.15, -0.1) is 0 Å². The predicted molar refractivity (Wildman–Crippen MR) is 154 cm³/mol. The molecule has 24 heteroatoms. The number of rotatable bonds is 4. The van der Waals surface area contributed by atoms with Crippen molar-refractivity contribution in [3.63, 3.8) is 0 Å². The first-order chi connectivity index (χ1) is 24.2. The second kappa shape index (κ2) is 10.5. The lowest BCUT2D eigenvalue weighted by Gasteiger charge is -2.41. The summed E-state index contributed by atoms with van der Waals surface area (Å²) in [5.74, 6) is -29.0. The Morgan fingerprint density at radius 3 is 1.07 bits per heavy atom. The van der Waals surface area contributed by atoms with Gasteiger partial charge in [0.15, 0.2) is 56.3 Å². The van der Waals surface area contributed by atoms with E-state index < -0.39 is 156 Å². The molecule has 0 aromatic heterocycles. The van der Waals surface area contributed by atoms with E-state index in [0.29, 0.717) is 12.2 Å². The third-order valence-corrected chi connectivity index (χ3v) is 10.2. The average Bonchev–Trinajstić information content (AvgIpc) is 3.64. The number of allylic oxidation sites excluding steroid dienone is 3. The van der Waals surface area contributed by atoms with E-state index >= 15 is 17.6 Å². The zero-order valence-electron chi connectivity index (χ0n) is 25.0. The van der Waals surface area contributed by atoms with Crippen molar-refractivity contribution in [1.29, 1.82) is 10.5 Å². The van der Waals surface area contributed by atoms with E-state index in [1.807, 2.05) is 0 Å². The maximum atomic E-state index is 15.6. The molecule has 0 aliphatic heterocycles. The molecule has 54 heavy (non-hydrogen) atoms. The third-order valence-electron chi connectivity index (χ3n) is 7.93. The van der Waals surface area contributed by atoms with Crippen LogP contribution in [0.2, 0.25) is 0 Å². The maximum absolute atomic E-state index is 15.6. The minimum atomic E-state index is -11.7. The molecule has 0 heterocycles. The summed E-state index contributed by atoms with van der Waals surface area (Å²) in [6.45, 7) is 14.3. The Labute approximate surface area is 287 Å². The molecule has 0 fully saturated rings. The number of halogens is 18. The molecule has 2 aliphatic carbocycles. The van der Waals surface area contributed by atoms with Crippen LogP contribution in [-0.2, 0) is 12.8 Å². The first-order valence-corrected chi connectivity index (χ1v) is 17.3. The van der Waals surface area contributed by atoms with Crippen LogP contribution in [0.1, 0.15) is 11.1 Å². The number of benzene rings is 3. The van der Waals surface area contributed by atoms with Gasteiger partial charge in [-0.2, -0.15) is 20.2 Å². The minimum Gasteiger partial charge on any atom is -0.203 e. The quantitative estimate of drug-likeness (QED) is 0.114. The van der Waals surface area contributed by atoms with Crippen LogP contribution in [-0.4, -0.2) is 0 Å². The third kappa shape index (κ3) is 5.95. The first kappa shape index (κ1) is 39.5. The molecule has 0 saturated carbocycles. The van der Waals surface area contributed by atoms with Gasteiger partial charge in [-0.25, -0.2) is 35.1 Å². The second-order valence-corrected chi connectivity index (χ2v) is 15.9. The Balaban J connectivity index is 2.16. The second-order valence-electron chi connectivity index (χ2n) is 11.2. The summed E-state index contributed by atoms with van der Waals surface area (Å²) in [5, 5.41) is 16.4. The fourth-order valence-electron chi connectivity index (χ4n) is 5.97. The van der Waals surface area contributed by atoms with Crippen LogP contribution in [0, 0.1) is 82.3 Å². The lowest BCUT2D eigenvalue weighted by Crippen LogP contribution is -2.26. The molecule has 4 nitrogen and oxygen atoms in total. The number of nitriles is 2. The van der Waals surface area contributed by atoms with Crippen molar-refractivity contribution in [3.8, 4) is 34.4 Å². The molecular formula is C30H6F18N4S2. The summed E-state index contributed by atoms with van der Waals surface area (Å²) in [4.78, 5) is -3.10. The van der Waals surface area contributed by atoms with Crippen LogP contribution in [0.3, 0.4) is 0 Å². The maximum Gasteiger partial charge on any atom is 0.522 e. The van der Waals surface area contributed by atoms with Gasteiger partial charge < -0.3 is 0 Å². The monoisotopic (exact) mass is 828 g/mol. The molecule has 3 aromatic carbocycles. The molecule has 0 unspecified atom stereocenters. The van der Waals surface area contributed by atoms with E-state index in [1.165, 1.54) is 12.1 Å². The summed E-state index contributed by atoms with van der Waals surface area (Å²) in [5.41, 5.74) is -12.3. The standard InChI is InChI=1S/C30H6F18N4S2/c1-51-30(52-2)10-5-14-15(6-10)17(19-22(33)26(37)29(27(38)23(19)34)54(44,45,46,47)48)13-4-9(11(7-49)8-50)3-12(13)16(14)18-20(31)24(35)28(25(36)21(18)32)53(39,40,41,42)43/h3,6H,4-5H2. The van der Waals surface area contributed by atoms with E-state index in [2.05, 4.69) is 9.69 Å². The van der Waals surface area contributed by atoms with Gasteiger partial charge in [0, 0.05) is 6.42 Å². The Hall–Kier alpha value is -5.72. The molecule has 2 aliphatic rings. The van der Waals surface area contributed by atoms with E-state index in [-0.39, 0.29) is 0 Å². The van der Waals surface area contributed by atoms with Crippen LogP contribution in [0.15, 0.2) is 32.3 Å². The van der Waals surface area contributed by atoms with E-state index in [4.69, 9.17) is 13.1 Å². The Morgan fingerprint density at radius 2 is 0.796 bits per heavy atom. The van der Waals surface area contributed by atoms with Crippen molar-refractivity contribution in [2.75, 3.05) is 0 Å². The van der Waals surface area contributed by atoms with Crippen molar-refractivity contribution in [3.05, 3.63) is 113 Å². The number of hydrogen-bond acceptors (Lipinski definition) is 2. The molecule has 0 atom stereocenters. The lowest BCUT2D eigenvalue weighted by atomic mass is 9.86. The molecule has 3 aromatic rings. The summed E-state index contributed by atoms with van der Waals surface area (Å²) >= 11 is 0. The van der Waals surface area contributed by atoms with Gasteiger partial charge in [0.05, 0.1) is 16.7 Å². The average molecular weight is 829 g/mol. The minimum absolute atomic E-state index is 0.418. The van der Waals surface area contributed by atoms with Gasteiger partial charge >= 0.3 is 26.3 Å². The molecule has 0 saturated heterocycles. The molecule has 0 radical (unpaired) electrons. The molecular weight excluding hydrogens is 822 g/mol. The van der Waals surface area contributed by atoms with Gasteiger partial charge in [0.1, 0.15) is 30.9 Å². The summed E-state index contributed by atoms with van der Waals surface area (Å²) < 4.78 is 258. The number of hydrogen-bond donors (Lipinski definition) is 0. The highest BCUT2D eigenvalue weighted by Crippen LogP contribution is 3.03. The van der Waals surface area contributed by atoms with Crippen LogP contribution >= 0.6 is 20.4 Å². The summed E-state index contributed by atoms with van der Waals surface area (Å²) in [7, 11) is -23.3. The zero-order valence-corrected chi connectivity index (χ0v) is 26.6. The largest absolute Gasteiger partial charge is 0.522 e. The highest BCUT2D eigenvalue weighted by atomic mass is 32.5. The number of fused-ring (bicyclic) bond motifs is 2. The van der Waals surface area contributed by atoms with Gasteiger partial charge in [0.2, 0.25) is 0 Å². The molecule has 0 N–H and O–H groups in total. The topological polar surface area (TPSA) is 56.3 Å². The Kier molecular flexibility index (Phi) is 7.67. The van der Waals surface area contributed by atoms with Gasteiger partial charge in [0.25, 0.3) is 0 Å². The van der Waals surface area contributed by atoms with Crippen LogP contribution in [0.25, 0.3) is 44.1 Å². The van der Waals surface area contributed by atoms with E-state index in [0.717, 1.165) is 0 Å². The molecule has 284 valence electrons. The van der Waals surface area contributed by atoms with E-state index in [9.17, 15) is 66.9 Å². The Morgan fingerprint density at radius 1 is 0.500 bits per heavy atom. The highest BCUT2D eigenvalue weighted by Gasteiger charge is 2.71. The van der Waals surface area contributed by atoms with Crippen molar-refractivity contribution in [2.45, 2.75) is 22.6 Å². The van der Waals surface area contributed by atoms with Crippen LogP contribution in [0.5, 0.6) is 0 Å². The first-order valence-electron chi connectivity index (χ1n) is 13.4. The lowest BCUT2D eigenvalue weighted by molar-refractivity contribution is 0.327. The fraction of sp³-hybridized carbons (Fsp3) is 0.0667. The zero-order chi connectivity index (χ0) is 41.2. The Bertz CT molecular complexity index is 2460. The van der Waals surface area contributed by atoms with Crippen molar-refractivity contribution < 1.29 is 74.0 Å². The van der Waals surface area contributed by atoms with Crippen LogP contribution in [0.4, 0.5) is 74.0 Å². The van der Waals surface area contributed by atoms with Gasteiger partial charge in [-0.3, -0.25) is 0 Å². The predicted octanol–water partition coefficient (Wildman–Crippen LogP) is 11.5. The molecule has 0 bridgehead atoms. The smallest absolute Gasteiger partial charge is 0.203 e. The fourth-order valence-corrected chi connectivity index (χ4v) is 7.68. The van der Waals surface area contributed by atoms with Gasteiger partial charge in [-0.05, 0) is 50.8 Å². The van der Waals surface area contributed by atoms with E-state index in [1.54, 1.807) is 0 Å². The molecule has 5 rings (SSSR count).